The highest BCUT2D eigenvalue weighted by Crippen LogP contribution is 2.29. The van der Waals surface area contributed by atoms with E-state index in [-0.39, 0.29) is 5.75 Å². The normalized spacial score (nSPS) is 11.0. The first kappa shape index (κ1) is 23.7. The molecule has 8 nitrogen and oxygen atoms in total. The molecule has 0 aliphatic carbocycles. The average molecular weight is 466 g/mol. The standard InChI is InChI=1S/C24H23N3O5S/c1-14-7-5-8-15(2)21(14)25-22(28)23(29)27-26-16(3)17-10-11-18(19(13-17)31-4)32-24(30)20-9-6-12-33-20/h5-13H,1-4H3,(H,25,28)(H,27,29)/b26-16+. The summed E-state index contributed by atoms with van der Waals surface area (Å²) in [7, 11) is 1.45. The van der Waals surface area contributed by atoms with Gasteiger partial charge in [-0.15, -0.1) is 11.3 Å². The third-order valence-electron chi connectivity index (χ3n) is 4.76. The number of amides is 2. The smallest absolute Gasteiger partial charge is 0.353 e. The minimum absolute atomic E-state index is 0.254. The lowest BCUT2D eigenvalue weighted by Crippen LogP contribution is -2.33. The number of nitrogens with one attached hydrogen (secondary N) is 2. The zero-order chi connectivity index (χ0) is 24.0. The van der Waals surface area contributed by atoms with Gasteiger partial charge in [0.25, 0.3) is 0 Å². The Kier molecular flexibility index (Phi) is 7.57. The molecule has 2 aromatic carbocycles. The van der Waals surface area contributed by atoms with Crippen molar-refractivity contribution in [2.24, 2.45) is 5.10 Å². The highest BCUT2D eigenvalue weighted by Gasteiger charge is 2.17. The number of hydrazone groups is 1. The van der Waals surface area contributed by atoms with Crippen LogP contribution in [0.1, 0.15) is 33.3 Å². The van der Waals surface area contributed by atoms with E-state index in [2.05, 4.69) is 15.8 Å². The molecule has 0 fully saturated rings. The summed E-state index contributed by atoms with van der Waals surface area (Å²) < 4.78 is 10.7. The predicted molar refractivity (Wildman–Crippen MR) is 127 cm³/mol. The quantitative estimate of drug-likeness (QED) is 0.188. The molecule has 0 saturated carbocycles. The molecule has 0 aliphatic heterocycles. The first-order chi connectivity index (χ1) is 15.8. The summed E-state index contributed by atoms with van der Waals surface area (Å²) in [5.74, 6) is -1.62. The minimum Gasteiger partial charge on any atom is -0.493 e. The van der Waals surface area contributed by atoms with Crippen LogP contribution in [0.5, 0.6) is 11.5 Å². The molecule has 170 valence electrons. The van der Waals surface area contributed by atoms with Gasteiger partial charge in [0.05, 0.1) is 12.8 Å². The van der Waals surface area contributed by atoms with Crippen molar-refractivity contribution in [3.05, 3.63) is 75.5 Å². The van der Waals surface area contributed by atoms with Gasteiger partial charge in [-0.3, -0.25) is 9.59 Å². The molecule has 9 heteroatoms. The Hall–Kier alpha value is -3.98. The highest BCUT2D eigenvalue weighted by atomic mass is 32.1. The van der Waals surface area contributed by atoms with E-state index < -0.39 is 17.8 Å². The van der Waals surface area contributed by atoms with E-state index in [0.29, 0.717) is 27.6 Å². The summed E-state index contributed by atoms with van der Waals surface area (Å²) in [6.45, 7) is 5.35. The number of carbonyl (C=O) groups is 3. The van der Waals surface area contributed by atoms with Crippen molar-refractivity contribution in [1.82, 2.24) is 5.43 Å². The number of anilines is 1. The first-order valence-corrected chi connectivity index (χ1v) is 10.8. The number of carbonyl (C=O) groups excluding carboxylic acids is 3. The van der Waals surface area contributed by atoms with Gasteiger partial charge in [-0.1, -0.05) is 24.3 Å². The lowest BCUT2D eigenvalue weighted by Gasteiger charge is -2.11. The maximum absolute atomic E-state index is 12.3. The Morgan fingerprint density at radius 3 is 2.30 bits per heavy atom. The Balaban J connectivity index is 1.67. The molecule has 0 bridgehead atoms. The van der Waals surface area contributed by atoms with E-state index in [1.165, 1.54) is 18.4 Å². The van der Waals surface area contributed by atoms with Crippen LogP contribution >= 0.6 is 11.3 Å². The van der Waals surface area contributed by atoms with Gasteiger partial charge in [0, 0.05) is 11.3 Å². The molecule has 33 heavy (non-hydrogen) atoms. The minimum atomic E-state index is -0.898. The number of thiophene rings is 1. The molecule has 0 spiro atoms. The topological polar surface area (TPSA) is 106 Å². The summed E-state index contributed by atoms with van der Waals surface area (Å²) in [6, 6.07) is 13.9. The summed E-state index contributed by atoms with van der Waals surface area (Å²) in [6.07, 6.45) is 0. The predicted octanol–water partition coefficient (Wildman–Crippen LogP) is 4.07. The van der Waals surface area contributed by atoms with Gasteiger partial charge in [0.2, 0.25) is 0 Å². The van der Waals surface area contributed by atoms with Crippen LogP contribution in [0.25, 0.3) is 0 Å². The summed E-state index contributed by atoms with van der Waals surface area (Å²) in [5.41, 5.74) is 5.59. The number of ether oxygens (including phenoxy) is 2. The van der Waals surface area contributed by atoms with Gasteiger partial charge in [-0.25, -0.2) is 10.2 Å². The fourth-order valence-corrected chi connectivity index (χ4v) is 3.55. The molecule has 0 radical (unpaired) electrons. The van der Waals surface area contributed by atoms with Gasteiger partial charge in [-0.2, -0.15) is 5.10 Å². The Morgan fingerprint density at radius 2 is 1.67 bits per heavy atom. The number of methoxy groups -OCH3 is 1. The van der Waals surface area contributed by atoms with Crippen molar-refractivity contribution in [2.75, 3.05) is 12.4 Å². The number of nitrogens with zero attached hydrogens (tertiary/aromatic N) is 1. The lowest BCUT2D eigenvalue weighted by atomic mass is 10.1. The molecule has 2 amide bonds. The van der Waals surface area contributed by atoms with E-state index in [9.17, 15) is 14.4 Å². The molecule has 0 aliphatic rings. The highest BCUT2D eigenvalue weighted by molar-refractivity contribution is 7.12. The zero-order valence-electron chi connectivity index (χ0n) is 18.6. The van der Waals surface area contributed by atoms with Crippen molar-refractivity contribution >= 4 is 40.5 Å². The number of hydrogen-bond donors (Lipinski definition) is 2. The van der Waals surface area contributed by atoms with Crippen LogP contribution in [0.4, 0.5) is 5.69 Å². The average Bonchev–Trinajstić information content (AvgIpc) is 3.35. The molecule has 0 saturated heterocycles. The SMILES string of the molecule is COc1cc(/C(C)=N/NC(=O)C(=O)Nc2c(C)cccc2C)ccc1OC(=O)c1cccs1. The van der Waals surface area contributed by atoms with Crippen LogP contribution in [0, 0.1) is 13.8 Å². The fraction of sp³-hybridized carbons (Fsp3) is 0.167. The maximum atomic E-state index is 12.3. The lowest BCUT2D eigenvalue weighted by molar-refractivity contribution is -0.136. The van der Waals surface area contributed by atoms with Gasteiger partial charge in [0.15, 0.2) is 11.5 Å². The second-order valence-electron chi connectivity index (χ2n) is 7.09. The van der Waals surface area contributed by atoms with Crippen molar-refractivity contribution < 1.29 is 23.9 Å². The third kappa shape index (κ3) is 5.83. The Labute approximate surface area is 195 Å². The van der Waals surface area contributed by atoms with Crippen LogP contribution < -0.4 is 20.2 Å². The van der Waals surface area contributed by atoms with Gasteiger partial charge >= 0.3 is 17.8 Å². The largest absolute Gasteiger partial charge is 0.493 e. The molecule has 3 aromatic rings. The molecule has 1 heterocycles. The van der Waals surface area contributed by atoms with Crippen molar-refractivity contribution in [3.8, 4) is 11.5 Å². The van der Waals surface area contributed by atoms with Crippen LogP contribution in [-0.4, -0.2) is 30.6 Å². The molecule has 1 aromatic heterocycles. The summed E-state index contributed by atoms with van der Waals surface area (Å²) >= 11 is 1.28. The van der Waals surface area contributed by atoms with E-state index in [4.69, 9.17) is 9.47 Å². The fourth-order valence-electron chi connectivity index (χ4n) is 2.95. The van der Waals surface area contributed by atoms with E-state index in [0.717, 1.165) is 11.1 Å². The molecular formula is C24H23N3O5S. The van der Waals surface area contributed by atoms with Crippen molar-refractivity contribution in [3.63, 3.8) is 0 Å². The van der Waals surface area contributed by atoms with E-state index in [1.54, 1.807) is 42.6 Å². The number of rotatable bonds is 6. The van der Waals surface area contributed by atoms with Gasteiger partial charge in [-0.05, 0) is 61.5 Å². The molecule has 0 unspecified atom stereocenters. The number of para-hydroxylation sites is 1. The van der Waals surface area contributed by atoms with Crippen LogP contribution in [0.15, 0.2) is 59.0 Å². The molecule has 2 N–H and O–H groups in total. The first-order valence-electron chi connectivity index (χ1n) is 9.96. The van der Waals surface area contributed by atoms with Crippen LogP contribution in [0.2, 0.25) is 0 Å². The monoisotopic (exact) mass is 465 g/mol. The third-order valence-corrected chi connectivity index (χ3v) is 5.61. The number of esters is 1. The molecule has 0 atom stereocenters. The second-order valence-corrected chi connectivity index (χ2v) is 8.04. The van der Waals surface area contributed by atoms with E-state index >= 15 is 0 Å². The Morgan fingerprint density at radius 1 is 0.939 bits per heavy atom. The van der Waals surface area contributed by atoms with Crippen LogP contribution in [-0.2, 0) is 9.59 Å². The zero-order valence-corrected chi connectivity index (χ0v) is 19.4. The second kappa shape index (κ2) is 10.6. The van der Waals surface area contributed by atoms with Crippen LogP contribution in [0.3, 0.4) is 0 Å². The molecular weight excluding hydrogens is 442 g/mol. The number of aryl methyl sites for hydroxylation is 2. The number of hydrogen-bond acceptors (Lipinski definition) is 7. The van der Waals surface area contributed by atoms with E-state index in [1.807, 2.05) is 32.0 Å². The number of benzene rings is 2. The van der Waals surface area contributed by atoms with Crippen molar-refractivity contribution in [2.45, 2.75) is 20.8 Å². The summed E-state index contributed by atoms with van der Waals surface area (Å²) in [4.78, 5) is 37.1. The molecule has 3 rings (SSSR count). The van der Waals surface area contributed by atoms with Gasteiger partial charge in [0.1, 0.15) is 4.88 Å². The summed E-state index contributed by atoms with van der Waals surface area (Å²) in [5, 5.41) is 8.40. The maximum Gasteiger partial charge on any atom is 0.353 e. The van der Waals surface area contributed by atoms with Crippen molar-refractivity contribution in [1.29, 1.82) is 0 Å². The van der Waals surface area contributed by atoms with Gasteiger partial charge < -0.3 is 14.8 Å². The Bertz CT molecular complexity index is 1200.